The lowest BCUT2D eigenvalue weighted by Gasteiger charge is -2.41. The van der Waals surface area contributed by atoms with Gasteiger partial charge in [-0.3, -0.25) is 4.79 Å². The summed E-state index contributed by atoms with van der Waals surface area (Å²) in [6.07, 6.45) is 2.06. The van der Waals surface area contributed by atoms with Crippen molar-refractivity contribution in [2.75, 3.05) is 5.32 Å². The molecule has 0 aliphatic heterocycles. The Morgan fingerprint density at radius 2 is 2.00 bits per heavy atom. The van der Waals surface area contributed by atoms with Gasteiger partial charge in [-0.25, -0.2) is 4.98 Å². The summed E-state index contributed by atoms with van der Waals surface area (Å²) in [4.78, 5) is 15.9. The van der Waals surface area contributed by atoms with Gasteiger partial charge in [0.1, 0.15) is 10.6 Å². The number of aliphatic hydroxyl groups is 1. The maximum atomic E-state index is 14.0. The van der Waals surface area contributed by atoms with Crippen LogP contribution in [0, 0.1) is 0 Å². The van der Waals surface area contributed by atoms with Crippen molar-refractivity contribution < 1.29 is 18.7 Å². The highest BCUT2D eigenvalue weighted by atomic mass is 32.1. The van der Waals surface area contributed by atoms with Gasteiger partial charge in [0, 0.05) is 22.8 Å². The van der Waals surface area contributed by atoms with Gasteiger partial charge in [-0.2, -0.15) is 8.78 Å². The lowest BCUT2D eigenvalue weighted by molar-refractivity contribution is -0.212. The van der Waals surface area contributed by atoms with Crippen LogP contribution in [0.4, 0.5) is 14.5 Å². The van der Waals surface area contributed by atoms with Gasteiger partial charge in [-0.15, -0.1) is 11.3 Å². The molecular formula is C15H14F2N2O2S. The predicted molar refractivity (Wildman–Crippen MR) is 79.9 cm³/mol. The Bertz CT molecular complexity index is 667. The Labute approximate surface area is 129 Å². The van der Waals surface area contributed by atoms with E-state index in [1.807, 2.05) is 5.38 Å². The number of anilines is 1. The van der Waals surface area contributed by atoms with Gasteiger partial charge in [0.2, 0.25) is 0 Å². The molecule has 22 heavy (non-hydrogen) atoms. The van der Waals surface area contributed by atoms with Crippen LogP contribution in [0.1, 0.15) is 19.3 Å². The lowest BCUT2D eigenvalue weighted by atomic mass is 9.75. The van der Waals surface area contributed by atoms with E-state index in [1.54, 1.807) is 18.3 Å². The maximum Gasteiger partial charge on any atom is 0.352 e. The number of aromatic nitrogens is 1. The molecule has 1 aliphatic carbocycles. The highest BCUT2D eigenvalue weighted by Crippen LogP contribution is 2.44. The van der Waals surface area contributed by atoms with Crippen LogP contribution >= 0.6 is 11.3 Å². The van der Waals surface area contributed by atoms with Crippen LogP contribution < -0.4 is 5.32 Å². The lowest BCUT2D eigenvalue weighted by Crippen LogP contribution is -2.59. The molecule has 7 heteroatoms. The number of thiazole rings is 1. The number of hydrogen-bond donors (Lipinski definition) is 2. The van der Waals surface area contributed by atoms with Crippen LogP contribution in [-0.2, 0) is 4.79 Å². The minimum absolute atomic E-state index is 0.0591. The van der Waals surface area contributed by atoms with E-state index in [0.29, 0.717) is 6.42 Å². The number of alkyl halides is 2. The van der Waals surface area contributed by atoms with Crippen molar-refractivity contribution in [1.29, 1.82) is 0 Å². The summed E-state index contributed by atoms with van der Waals surface area (Å²) in [6.45, 7) is 0. The molecule has 4 nitrogen and oxygen atoms in total. The van der Waals surface area contributed by atoms with E-state index in [9.17, 15) is 18.7 Å². The number of amides is 1. The van der Waals surface area contributed by atoms with Crippen LogP contribution in [0.5, 0.6) is 0 Å². The topological polar surface area (TPSA) is 62.2 Å². The van der Waals surface area contributed by atoms with Crippen LogP contribution in [0.2, 0.25) is 0 Å². The molecule has 1 aromatic heterocycles. The first kappa shape index (κ1) is 15.1. The van der Waals surface area contributed by atoms with E-state index >= 15 is 0 Å². The molecule has 0 spiro atoms. The molecule has 0 atom stereocenters. The first-order valence-electron chi connectivity index (χ1n) is 6.84. The summed E-state index contributed by atoms with van der Waals surface area (Å²) in [5.41, 5.74) is -1.11. The number of nitrogens with zero attached hydrogens (tertiary/aromatic N) is 1. The standard InChI is InChI=1S/C15H14F2N2O2S/c16-15(17,14(21)6-1-7-14)13(20)19-11-4-2-10(3-5-11)12-18-8-9-22-12/h2-5,8-9,21H,1,6-7H2,(H,19,20). The van der Waals surface area contributed by atoms with Crippen molar-refractivity contribution in [3.8, 4) is 10.6 Å². The van der Waals surface area contributed by atoms with Crippen LogP contribution in [0.15, 0.2) is 35.8 Å². The van der Waals surface area contributed by atoms with Crippen molar-refractivity contribution in [3.63, 3.8) is 0 Å². The van der Waals surface area contributed by atoms with Crippen LogP contribution in [0.3, 0.4) is 0 Å². The Morgan fingerprint density at radius 3 is 2.50 bits per heavy atom. The van der Waals surface area contributed by atoms with E-state index in [1.165, 1.54) is 23.5 Å². The second-order valence-electron chi connectivity index (χ2n) is 5.33. The van der Waals surface area contributed by atoms with Crippen molar-refractivity contribution in [1.82, 2.24) is 4.98 Å². The molecule has 1 aliphatic rings. The van der Waals surface area contributed by atoms with Gasteiger partial charge in [0.05, 0.1) is 0 Å². The Kier molecular flexibility index (Phi) is 3.70. The molecule has 1 fully saturated rings. The number of carbonyl (C=O) groups is 1. The van der Waals surface area contributed by atoms with Crippen molar-refractivity contribution in [2.45, 2.75) is 30.8 Å². The molecule has 0 unspecified atom stereocenters. The van der Waals surface area contributed by atoms with E-state index in [4.69, 9.17) is 0 Å². The van der Waals surface area contributed by atoms with Gasteiger partial charge in [0.25, 0.3) is 5.91 Å². The minimum atomic E-state index is -3.79. The summed E-state index contributed by atoms with van der Waals surface area (Å²) in [5.74, 6) is -5.27. The second kappa shape index (κ2) is 5.40. The molecule has 3 rings (SSSR count). The Hall–Kier alpha value is -1.86. The van der Waals surface area contributed by atoms with Gasteiger partial charge in [-0.05, 0) is 43.5 Å². The van der Waals surface area contributed by atoms with Gasteiger partial charge < -0.3 is 10.4 Å². The number of rotatable bonds is 4. The zero-order valence-corrected chi connectivity index (χ0v) is 12.4. The fourth-order valence-electron chi connectivity index (χ4n) is 2.31. The number of benzene rings is 1. The molecule has 1 amide bonds. The van der Waals surface area contributed by atoms with Crippen molar-refractivity contribution in [2.24, 2.45) is 0 Å². The maximum absolute atomic E-state index is 14.0. The number of hydrogen-bond acceptors (Lipinski definition) is 4. The normalized spacial score (nSPS) is 16.9. The van der Waals surface area contributed by atoms with Gasteiger partial charge >= 0.3 is 5.92 Å². The minimum Gasteiger partial charge on any atom is -0.383 e. The van der Waals surface area contributed by atoms with E-state index < -0.39 is 17.4 Å². The molecule has 1 heterocycles. The molecular weight excluding hydrogens is 310 g/mol. The summed E-state index contributed by atoms with van der Waals surface area (Å²) in [7, 11) is 0. The third kappa shape index (κ3) is 2.50. The van der Waals surface area contributed by atoms with Gasteiger partial charge in [0.15, 0.2) is 0 Å². The molecule has 0 bridgehead atoms. The van der Waals surface area contributed by atoms with E-state index in [0.717, 1.165) is 10.6 Å². The third-order valence-electron chi connectivity index (χ3n) is 3.87. The van der Waals surface area contributed by atoms with E-state index in [-0.39, 0.29) is 18.5 Å². The smallest absolute Gasteiger partial charge is 0.352 e. The first-order valence-corrected chi connectivity index (χ1v) is 7.72. The third-order valence-corrected chi connectivity index (χ3v) is 4.69. The molecule has 0 radical (unpaired) electrons. The van der Waals surface area contributed by atoms with E-state index in [2.05, 4.69) is 10.3 Å². The molecule has 116 valence electrons. The SMILES string of the molecule is O=C(Nc1ccc(-c2nccs2)cc1)C(F)(F)C1(O)CCC1. The van der Waals surface area contributed by atoms with Crippen molar-refractivity contribution in [3.05, 3.63) is 35.8 Å². The monoisotopic (exact) mass is 324 g/mol. The summed E-state index contributed by atoms with van der Waals surface area (Å²) in [5, 5.41) is 14.6. The molecule has 2 aromatic rings. The fourth-order valence-corrected chi connectivity index (χ4v) is 2.95. The number of carbonyl (C=O) groups excluding carboxylic acids is 1. The summed E-state index contributed by atoms with van der Waals surface area (Å²) >= 11 is 1.46. The molecule has 1 aromatic carbocycles. The largest absolute Gasteiger partial charge is 0.383 e. The Balaban J connectivity index is 1.72. The zero-order chi connectivity index (χ0) is 15.8. The average Bonchev–Trinajstić information content (AvgIpc) is 2.99. The first-order chi connectivity index (χ1) is 10.4. The predicted octanol–water partition coefficient (Wildman–Crippen LogP) is 3.30. The number of nitrogens with one attached hydrogen (secondary N) is 1. The fraction of sp³-hybridized carbons (Fsp3) is 0.333. The quantitative estimate of drug-likeness (QED) is 0.907. The summed E-state index contributed by atoms with van der Waals surface area (Å²) in [6, 6.07) is 6.47. The second-order valence-corrected chi connectivity index (χ2v) is 6.22. The molecule has 0 saturated heterocycles. The highest BCUT2D eigenvalue weighted by Gasteiger charge is 2.61. The Morgan fingerprint density at radius 1 is 1.32 bits per heavy atom. The zero-order valence-electron chi connectivity index (χ0n) is 11.6. The average molecular weight is 324 g/mol. The van der Waals surface area contributed by atoms with Crippen LogP contribution in [-0.4, -0.2) is 27.5 Å². The van der Waals surface area contributed by atoms with Crippen LogP contribution in [0.25, 0.3) is 10.6 Å². The highest BCUT2D eigenvalue weighted by molar-refractivity contribution is 7.13. The molecule has 2 N–H and O–H groups in total. The number of halogens is 2. The van der Waals surface area contributed by atoms with Crippen molar-refractivity contribution >= 4 is 22.9 Å². The summed E-state index contributed by atoms with van der Waals surface area (Å²) < 4.78 is 27.9. The van der Waals surface area contributed by atoms with Gasteiger partial charge in [-0.1, -0.05) is 0 Å². The molecule has 1 saturated carbocycles.